The van der Waals surface area contributed by atoms with Crippen LogP contribution < -0.4 is 0 Å². The first-order valence-corrected chi connectivity index (χ1v) is 9.58. The number of pyridine rings is 1. The van der Waals surface area contributed by atoms with E-state index in [0.29, 0.717) is 0 Å². The van der Waals surface area contributed by atoms with Gasteiger partial charge in [0.15, 0.2) is 0 Å². The fraction of sp³-hybridized carbons (Fsp3) is 0. The van der Waals surface area contributed by atoms with Crippen molar-refractivity contribution in [3.8, 4) is 11.3 Å². The summed E-state index contributed by atoms with van der Waals surface area (Å²) in [6, 6.07) is 36.6. The zero-order valence-corrected chi connectivity index (χ0v) is 15.3. The van der Waals surface area contributed by atoms with Crippen LogP contribution in [0.5, 0.6) is 0 Å². The van der Waals surface area contributed by atoms with Gasteiger partial charge in [-0.15, -0.1) is 0 Å². The van der Waals surface area contributed by atoms with Crippen molar-refractivity contribution in [1.82, 2.24) is 4.98 Å². The normalized spacial score (nSPS) is 11.6. The monoisotopic (exact) mass is 355 g/mol. The molecule has 1 heterocycles. The van der Waals surface area contributed by atoms with Crippen LogP contribution in [0.4, 0.5) is 0 Å². The number of rotatable bonds is 1. The smallest absolute Gasteiger partial charge is 0.0794 e. The van der Waals surface area contributed by atoms with Gasteiger partial charge in [-0.1, -0.05) is 91.0 Å². The molecule has 28 heavy (non-hydrogen) atoms. The molecule has 1 aromatic heterocycles. The first-order valence-electron chi connectivity index (χ1n) is 9.58. The molecule has 0 saturated heterocycles. The van der Waals surface area contributed by atoms with Crippen LogP contribution in [0, 0.1) is 0 Å². The van der Waals surface area contributed by atoms with Crippen LogP contribution in [-0.2, 0) is 0 Å². The predicted molar refractivity (Wildman–Crippen MR) is 120 cm³/mol. The maximum atomic E-state index is 5.13. The van der Waals surface area contributed by atoms with Crippen LogP contribution in [0.25, 0.3) is 54.5 Å². The van der Waals surface area contributed by atoms with E-state index in [1.807, 2.05) is 0 Å². The van der Waals surface area contributed by atoms with Crippen molar-refractivity contribution in [2.45, 2.75) is 0 Å². The molecule has 0 spiro atoms. The minimum absolute atomic E-state index is 1.04. The molecular formula is C27H17N. The van der Waals surface area contributed by atoms with Gasteiger partial charge in [0.25, 0.3) is 0 Å². The van der Waals surface area contributed by atoms with Gasteiger partial charge in [-0.2, -0.15) is 0 Å². The molecule has 1 nitrogen and oxygen atoms in total. The van der Waals surface area contributed by atoms with E-state index in [4.69, 9.17) is 4.98 Å². The summed E-state index contributed by atoms with van der Waals surface area (Å²) in [6.07, 6.45) is 0. The second-order valence-corrected chi connectivity index (χ2v) is 7.25. The van der Waals surface area contributed by atoms with Crippen LogP contribution >= 0.6 is 0 Å². The molecule has 0 bridgehead atoms. The largest absolute Gasteiger partial charge is 0.247 e. The van der Waals surface area contributed by atoms with Crippen LogP contribution in [-0.4, -0.2) is 4.98 Å². The second kappa shape index (κ2) is 5.90. The lowest BCUT2D eigenvalue weighted by atomic mass is 9.94. The average Bonchev–Trinajstić information content (AvgIpc) is 2.78. The van der Waals surface area contributed by atoms with Gasteiger partial charge in [0, 0.05) is 16.3 Å². The maximum absolute atomic E-state index is 5.13. The second-order valence-electron chi connectivity index (χ2n) is 7.25. The van der Waals surface area contributed by atoms with E-state index >= 15 is 0 Å². The Hall–Kier alpha value is -3.71. The number of benzene rings is 5. The summed E-state index contributed by atoms with van der Waals surface area (Å²) in [6.45, 7) is 0. The molecule has 0 saturated carbocycles. The van der Waals surface area contributed by atoms with E-state index in [0.717, 1.165) is 16.8 Å². The minimum Gasteiger partial charge on any atom is -0.247 e. The molecule has 0 N–H and O–H groups in total. The average molecular weight is 355 g/mol. The first-order chi connectivity index (χ1) is 13.9. The molecule has 0 aliphatic carbocycles. The first kappa shape index (κ1) is 15.4. The van der Waals surface area contributed by atoms with Crippen molar-refractivity contribution >= 4 is 43.2 Å². The fourth-order valence-electron chi connectivity index (χ4n) is 4.27. The standard InChI is InChI=1S/C27H17N/c1-2-9-20-17-21(14-13-18(20)7-1)27-26-22-10-4-3-8-19(22)15-16-24(26)23-11-5-6-12-25(23)28-27/h1-17H. The highest BCUT2D eigenvalue weighted by Crippen LogP contribution is 2.37. The van der Waals surface area contributed by atoms with E-state index in [1.54, 1.807) is 0 Å². The molecule has 0 fully saturated rings. The van der Waals surface area contributed by atoms with E-state index in [1.165, 1.54) is 37.7 Å². The highest BCUT2D eigenvalue weighted by atomic mass is 14.7. The van der Waals surface area contributed by atoms with Gasteiger partial charge in [-0.3, -0.25) is 0 Å². The van der Waals surface area contributed by atoms with Crippen molar-refractivity contribution in [3.05, 3.63) is 103 Å². The number of nitrogens with zero attached hydrogens (tertiary/aromatic N) is 1. The summed E-state index contributed by atoms with van der Waals surface area (Å²) < 4.78 is 0. The fourth-order valence-corrected chi connectivity index (χ4v) is 4.27. The Balaban J connectivity index is 1.82. The molecule has 6 aromatic rings. The highest BCUT2D eigenvalue weighted by molar-refractivity contribution is 6.21. The van der Waals surface area contributed by atoms with Gasteiger partial charge in [0.1, 0.15) is 0 Å². The lowest BCUT2D eigenvalue weighted by Gasteiger charge is -2.13. The molecular weight excluding hydrogens is 338 g/mol. The number of hydrogen-bond donors (Lipinski definition) is 0. The summed E-state index contributed by atoms with van der Waals surface area (Å²) in [5.41, 5.74) is 3.25. The molecule has 130 valence electrons. The Bertz CT molecular complexity index is 1510. The third kappa shape index (κ3) is 2.23. The van der Waals surface area contributed by atoms with Gasteiger partial charge in [0.05, 0.1) is 11.2 Å². The Morgan fingerprint density at radius 1 is 0.464 bits per heavy atom. The molecule has 0 unspecified atom stereocenters. The minimum atomic E-state index is 1.04. The third-order valence-corrected chi connectivity index (χ3v) is 5.62. The van der Waals surface area contributed by atoms with Crippen LogP contribution in [0.3, 0.4) is 0 Å². The van der Waals surface area contributed by atoms with Gasteiger partial charge in [0.2, 0.25) is 0 Å². The van der Waals surface area contributed by atoms with Crippen molar-refractivity contribution in [2.75, 3.05) is 0 Å². The van der Waals surface area contributed by atoms with E-state index in [9.17, 15) is 0 Å². The van der Waals surface area contributed by atoms with Crippen LogP contribution in [0.1, 0.15) is 0 Å². The maximum Gasteiger partial charge on any atom is 0.0794 e. The number of para-hydroxylation sites is 1. The van der Waals surface area contributed by atoms with Gasteiger partial charge >= 0.3 is 0 Å². The van der Waals surface area contributed by atoms with Crippen molar-refractivity contribution < 1.29 is 0 Å². The zero-order valence-electron chi connectivity index (χ0n) is 15.3. The van der Waals surface area contributed by atoms with Crippen molar-refractivity contribution in [3.63, 3.8) is 0 Å². The quantitative estimate of drug-likeness (QED) is 0.281. The Morgan fingerprint density at radius 2 is 1.14 bits per heavy atom. The highest BCUT2D eigenvalue weighted by Gasteiger charge is 2.13. The molecule has 0 amide bonds. The molecule has 6 rings (SSSR count). The van der Waals surface area contributed by atoms with E-state index in [-0.39, 0.29) is 0 Å². The van der Waals surface area contributed by atoms with Crippen molar-refractivity contribution in [2.24, 2.45) is 0 Å². The number of hydrogen-bond acceptors (Lipinski definition) is 1. The summed E-state index contributed by atoms with van der Waals surface area (Å²) in [4.78, 5) is 5.13. The zero-order chi connectivity index (χ0) is 18.5. The SMILES string of the molecule is c1ccc2cc(-c3nc4ccccc4c4ccc5ccccc5c34)ccc2c1. The topological polar surface area (TPSA) is 12.9 Å². The summed E-state index contributed by atoms with van der Waals surface area (Å²) in [5.74, 6) is 0. The van der Waals surface area contributed by atoms with Gasteiger partial charge < -0.3 is 0 Å². The number of aromatic nitrogens is 1. The van der Waals surface area contributed by atoms with Gasteiger partial charge in [-0.25, -0.2) is 4.98 Å². The molecule has 0 aliphatic rings. The molecule has 1 heteroatoms. The van der Waals surface area contributed by atoms with Crippen LogP contribution in [0.2, 0.25) is 0 Å². The Labute approximate surface area is 162 Å². The number of fused-ring (bicyclic) bond motifs is 6. The summed E-state index contributed by atoms with van der Waals surface area (Å²) in [5, 5.41) is 8.67. The lowest BCUT2D eigenvalue weighted by Crippen LogP contribution is -1.91. The summed E-state index contributed by atoms with van der Waals surface area (Å²) in [7, 11) is 0. The molecule has 0 aliphatic heterocycles. The Morgan fingerprint density at radius 3 is 2.04 bits per heavy atom. The van der Waals surface area contributed by atoms with E-state index in [2.05, 4.69) is 103 Å². The predicted octanol–water partition coefficient (Wildman–Crippen LogP) is 7.36. The van der Waals surface area contributed by atoms with Crippen molar-refractivity contribution in [1.29, 1.82) is 0 Å². The van der Waals surface area contributed by atoms with E-state index < -0.39 is 0 Å². The molecule has 0 radical (unpaired) electrons. The lowest BCUT2D eigenvalue weighted by molar-refractivity contribution is 1.44. The van der Waals surface area contributed by atoms with Gasteiger partial charge in [-0.05, 0) is 39.1 Å². The molecule has 5 aromatic carbocycles. The Kier molecular flexibility index (Phi) is 3.24. The third-order valence-electron chi connectivity index (χ3n) is 5.62. The van der Waals surface area contributed by atoms with Crippen LogP contribution in [0.15, 0.2) is 103 Å². The summed E-state index contributed by atoms with van der Waals surface area (Å²) >= 11 is 0. The molecule has 0 atom stereocenters.